The Hall–Kier alpha value is -3.69. The van der Waals surface area contributed by atoms with E-state index in [0.29, 0.717) is 17.5 Å². The largest absolute Gasteiger partial charge is 0.508 e. The van der Waals surface area contributed by atoms with E-state index in [2.05, 4.69) is 36.1 Å². The van der Waals surface area contributed by atoms with Gasteiger partial charge < -0.3 is 25.6 Å². The number of rotatable bonds is 6. The van der Waals surface area contributed by atoms with Gasteiger partial charge in [0.1, 0.15) is 11.6 Å². The summed E-state index contributed by atoms with van der Waals surface area (Å²) in [7, 11) is 1.49. The number of carbonyl (C=O) groups excluding carboxylic acids is 1. The highest BCUT2D eigenvalue weighted by atomic mass is 16.5. The second-order valence-corrected chi connectivity index (χ2v) is 5.34. The van der Waals surface area contributed by atoms with Gasteiger partial charge in [0.2, 0.25) is 11.8 Å². The van der Waals surface area contributed by atoms with E-state index in [0.717, 1.165) is 5.69 Å². The molecule has 26 heavy (non-hydrogen) atoms. The Balaban J connectivity index is 1.69. The van der Waals surface area contributed by atoms with Crippen molar-refractivity contribution in [2.75, 3.05) is 17.7 Å². The molecule has 0 spiro atoms. The average Bonchev–Trinajstić information content (AvgIpc) is 3.08. The fourth-order valence-electron chi connectivity index (χ4n) is 2.12. The number of nitrogens with zero attached hydrogens (tertiary/aromatic N) is 4. The molecule has 10 heteroatoms. The normalized spacial score (nSPS) is 10.4. The molecule has 3 rings (SSSR count). The lowest BCUT2D eigenvalue weighted by atomic mass is 10.3. The summed E-state index contributed by atoms with van der Waals surface area (Å²) in [4.78, 5) is 24.1. The Bertz CT molecular complexity index is 926. The van der Waals surface area contributed by atoms with Gasteiger partial charge in [-0.15, -0.1) is 0 Å². The van der Waals surface area contributed by atoms with Gasteiger partial charge >= 0.3 is 0 Å². The van der Waals surface area contributed by atoms with Crippen molar-refractivity contribution in [3.8, 4) is 5.75 Å². The van der Waals surface area contributed by atoms with Gasteiger partial charge in [-0.1, -0.05) is 11.2 Å². The lowest BCUT2D eigenvalue weighted by molar-refractivity contribution is 0.0950. The van der Waals surface area contributed by atoms with E-state index < -0.39 is 5.91 Å². The van der Waals surface area contributed by atoms with Crippen LogP contribution >= 0.6 is 0 Å². The summed E-state index contributed by atoms with van der Waals surface area (Å²) in [6.45, 7) is 2.03. The summed E-state index contributed by atoms with van der Waals surface area (Å²) in [5, 5.41) is 21.6. The van der Waals surface area contributed by atoms with Crippen LogP contribution in [0, 0.1) is 6.92 Å². The summed E-state index contributed by atoms with van der Waals surface area (Å²) in [6.07, 6.45) is 0. The molecule has 2 aromatic heterocycles. The number of anilines is 3. The van der Waals surface area contributed by atoms with Gasteiger partial charge in [-0.25, -0.2) is 4.98 Å². The molecule has 10 nitrogen and oxygen atoms in total. The quantitative estimate of drug-likeness (QED) is 0.519. The number of hydrogen-bond donors (Lipinski definition) is 4. The van der Waals surface area contributed by atoms with Gasteiger partial charge in [-0.3, -0.25) is 4.79 Å². The molecular weight excluding hydrogens is 338 g/mol. The third-order valence-corrected chi connectivity index (χ3v) is 3.28. The second-order valence-electron chi connectivity index (χ2n) is 5.34. The Kier molecular flexibility index (Phi) is 4.92. The average molecular weight is 355 g/mol. The third-order valence-electron chi connectivity index (χ3n) is 3.28. The Morgan fingerprint density at radius 1 is 1.23 bits per heavy atom. The van der Waals surface area contributed by atoms with Crippen molar-refractivity contribution in [3.63, 3.8) is 0 Å². The topological polar surface area (TPSA) is 138 Å². The molecule has 0 saturated carbocycles. The molecule has 0 unspecified atom stereocenters. The standard InChI is InChI=1S/C16H17N7O3/c1-9-6-12(18-8-13-22-14(23-26-13)15(25)17-2)21-16(19-9)20-10-4-3-5-11(24)7-10/h3-7,24H,8H2,1-2H3,(H,17,25)(H2,18,19,20,21). The van der Waals surface area contributed by atoms with Gasteiger partial charge in [0.05, 0.1) is 6.54 Å². The SMILES string of the molecule is CNC(=O)c1noc(CNc2cc(C)nc(Nc3cccc(O)c3)n2)n1. The highest BCUT2D eigenvalue weighted by Gasteiger charge is 2.13. The molecule has 0 fully saturated rings. The zero-order chi connectivity index (χ0) is 18.5. The first-order valence-corrected chi connectivity index (χ1v) is 7.74. The minimum Gasteiger partial charge on any atom is -0.508 e. The summed E-state index contributed by atoms with van der Waals surface area (Å²) in [5.74, 6) is 0.853. The summed E-state index contributed by atoms with van der Waals surface area (Å²) < 4.78 is 5.01. The number of hydrogen-bond acceptors (Lipinski definition) is 9. The summed E-state index contributed by atoms with van der Waals surface area (Å²) in [6, 6.07) is 8.40. The zero-order valence-corrected chi connectivity index (χ0v) is 14.1. The molecule has 0 radical (unpaired) electrons. The van der Waals surface area contributed by atoms with Crippen molar-refractivity contribution in [2.45, 2.75) is 13.5 Å². The van der Waals surface area contributed by atoms with Gasteiger partial charge in [0, 0.05) is 30.6 Å². The predicted octanol–water partition coefficient (Wildman–Crippen LogP) is 1.59. The van der Waals surface area contributed by atoms with Crippen LogP contribution in [0.4, 0.5) is 17.5 Å². The number of aryl methyl sites for hydroxylation is 1. The van der Waals surface area contributed by atoms with Crippen molar-refractivity contribution in [3.05, 3.63) is 47.7 Å². The number of nitrogens with one attached hydrogen (secondary N) is 3. The molecule has 3 aromatic rings. The van der Waals surface area contributed by atoms with Crippen LogP contribution in [-0.2, 0) is 6.54 Å². The van der Waals surface area contributed by atoms with Crippen molar-refractivity contribution < 1.29 is 14.4 Å². The number of aromatic nitrogens is 4. The number of phenolic OH excluding ortho intramolecular Hbond substituents is 1. The van der Waals surface area contributed by atoms with E-state index in [-0.39, 0.29) is 24.0 Å². The van der Waals surface area contributed by atoms with Gasteiger partial charge in [-0.05, 0) is 19.1 Å². The highest BCUT2D eigenvalue weighted by Crippen LogP contribution is 2.20. The fraction of sp³-hybridized carbons (Fsp3) is 0.188. The van der Waals surface area contributed by atoms with Crippen molar-refractivity contribution in [2.24, 2.45) is 0 Å². The fourth-order valence-corrected chi connectivity index (χ4v) is 2.12. The van der Waals surface area contributed by atoms with E-state index in [1.54, 1.807) is 30.3 Å². The molecular formula is C16H17N7O3. The molecule has 1 aromatic carbocycles. The first kappa shape index (κ1) is 17.1. The molecule has 0 aliphatic rings. The van der Waals surface area contributed by atoms with Crippen LogP contribution in [0.3, 0.4) is 0 Å². The minimum absolute atomic E-state index is 0.0330. The van der Waals surface area contributed by atoms with Crippen molar-refractivity contribution >= 4 is 23.4 Å². The Morgan fingerprint density at radius 2 is 2.08 bits per heavy atom. The number of phenols is 1. The Labute approximate surface area is 148 Å². The molecule has 0 atom stereocenters. The number of carbonyl (C=O) groups is 1. The van der Waals surface area contributed by atoms with E-state index in [1.807, 2.05) is 6.92 Å². The predicted molar refractivity (Wildman–Crippen MR) is 93.2 cm³/mol. The number of benzene rings is 1. The maximum absolute atomic E-state index is 11.4. The molecule has 0 aliphatic carbocycles. The van der Waals surface area contributed by atoms with Gasteiger partial charge in [-0.2, -0.15) is 9.97 Å². The third kappa shape index (κ3) is 4.23. The van der Waals surface area contributed by atoms with Crippen LogP contribution in [0.5, 0.6) is 5.75 Å². The smallest absolute Gasteiger partial charge is 0.292 e. The van der Waals surface area contributed by atoms with E-state index in [4.69, 9.17) is 4.52 Å². The van der Waals surface area contributed by atoms with Gasteiger partial charge in [0.15, 0.2) is 0 Å². The highest BCUT2D eigenvalue weighted by molar-refractivity contribution is 5.89. The van der Waals surface area contributed by atoms with Crippen LogP contribution in [0.2, 0.25) is 0 Å². The molecule has 0 saturated heterocycles. The van der Waals surface area contributed by atoms with Gasteiger partial charge in [0.25, 0.3) is 11.7 Å². The second kappa shape index (κ2) is 7.47. The minimum atomic E-state index is -0.421. The lowest BCUT2D eigenvalue weighted by Crippen LogP contribution is -2.19. The molecule has 0 bridgehead atoms. The van der Waals surface area contributed by atoms with Crippen LogP contribution in [0.25, 0.3) is 0 Å². The molecule has 2 heterocycles. The van der Waals surface area contributed by atoms with E-state index in [1.165, 1.54) is 7.05 Å². The monoisotopic (exact) mass is 355 g/mol. The van der Waals surface area contributed by atoms with Crippen LogP contribution < -0.4 is 16.0 Å². The maximum Gasteiger partial charge on any atom is 0.292 e. The first-order valence-electron chi connectivity index (χ1n) is 7.74. The molecule has 0 aliphatic heterocycles. The molecule has 134 valence electrons. The van der Waals surface area contributed by atoms with Crippen LogP contribution in [0.15, 0.2) is 34.9 Å². The first-order chi connectivity index (χ1) is 12.5. The molecule has 4 N–H and O–H groups in total. The lowest BCUT2D eigenvalue weighted by Gasteiger charge is -2.09. The maximum atomic E-state index is 11.4. The summed E-state index contributed by atoms with van der Waals surface area (Å²) in [5.41, 5.74) is 1.40. The van der Waals surface area contributed by atoms with Crippen molar-refractivity contribution in [1.29, 1.82) is 0 Å². The molecule has 1 amide bonds. The number of amides is 1. The van der Waals surface area contributed by atoms with Crippen LogP contribution in [0.1, 0.15) is 22.2 Å². The summed E-state index contributed by atoms with van der Waals surface area (Å²) >= 11 is 0. The van der Waals surface area contributed by atoms with Crippen LogP contribution in [-0.4, -0.2) is 38.2 Å². The van der Waals surface area contributed by atoms with E-state index >= 15 is 0 Å². The van der Waals surface area contributed by atoms with Crippen molar-refractivity contribution in [1.82, 2.24) is 25.4 Å². The zero-order valence-electron chi connectivity index (χ0n) is 14.1. The Morgan fingerprint density at radius 3 is 2.85 bits per heavy atom. The van der Waals surface area contributed by atoms with E-state index in [9.17, 15) is 9.90 Å². The number of aromatic hydroxyl groups is 1.